The Kier molecular flexibility index (Phi) is 1.40. The molecular formula is CH2ClNO. The first-order chi connectivity index (χ1) is 2.27. The number of nitrogens with one attached hydrogen (secondary N) is 1. The standard InChI is InChI=1S/CH2ClNO/c2-3-1-4/h1H,(H,3,4)/i1D. The van der Waals surface area contributed by atoms with Gasteiger partial charge in [0.1, 0.15) is 1.37 Å². The molecule has 0 saturated heterocycles. The Morgan fingerprint density at radius 2 is 2.75 bits per heavy atom. The van der Waals surface area contributed by atoms with Crippen LogP contribution in [0, 0.1) is 0 Å². The van der Waals surface area contributed by atoms with Gasteiger partial charge in [-0.3, -0.25) is 9.63 Å². The maximum Gasteiger partial charge on any atom is 0.221 e. The Bertz CT molecular complexity index is 46.9. The highest BCUT2D eigenvalue weighted by Gasteiger charge is 1.47. The van der Waals surface area contributed by atoms with Gasteiger partial charge in [-0.1, -0.05) is 0 Å². The van der Waals surface area contributed by atoms with Crippen molar-refractivity contribution in [2.75, 3.05) is 0 Å². The van der Waals surface area contributed by atoms with Gasteiger partial charge in [-0.05, 0) is 0 Å². The molecule has 0 unspecified atom stereocenters. The van der Waals surface area contributed by atoms with Gasteiger partial charge in [0.25, 0.3) is 0 Å². The Morgan fingerprint density at radius 3 is 2.75 bits per heavy atom. The fourth-order valence-corrected chi connectivity index (χ4v) is 0. The van der Waals surface area contributed by atoms with Gasteiger partial charge in [0.15, 0.2) is 0 Å². The normalized spacial score (nSPS) is 8.75. The molecule has 1 N–H and O–H groups in total. The Labute approximate surface area is 30.3 Å². The third-order valence-corrected chi connectivity index (χ3v) is 0.116. The van der Waals surface area contributed by atoms with Gasteiger partial charge in [0, 0.05) is 11.8 Å². The zero-order chi connectivity index (χ0) is 4.28. The SMILES string of the molecule is [2H]C(=O)NCl. The van der Waals surface area contributed by atoms with Gasteiger partial charge in [-0.2, -0.15) is 0 Å². The molecule has 0 radical (unpaired) electrons. The van der Waals surface area contributed by atoms with Gasteiger partial charge in [-0.15, -0.1) is 0 Å². The van der Waals surface area contributed by atoms with Crippen molar-refractivity contribution < 1.29 is 6.17 Å². The van der Waals surface area contributed by atoms with E-state index >= 15 is 0 Å². The molecule has 0 aromatic heterocycles. The van der Waals surface area contributed by atoms with E-state index in [1.807, 2.05) is 0 Å². The lowest BCUT2D eigenvalue weighted by Crippen LogP contribution is -1.87. The van der Waals surface area contributed by atoms with Crippen molar-refractivity contribution in [2.45, 2.75) is 0 Å². The van der Waals surface area contributed by atoms with Crippen LogP contribution in [0.1, 0.15) is 1.37 Å². The quantitative estimate of drug-likeness (QED) is 0.319. The molecule has 0 aliphatic carbocycles. The van der Waals surface area contributed by atoms with Gasteiger partial charge < -0.3 is 0 Å². The topological polar surface area (TPSA) is 29.1 Å². The van der Waals surface area contributed by atoms with E-state index in [9.17, 15) is 4.79 Å². The van der Waals surface area contributed by atoms with Crippen LogP contribution in [0.2, 0.25) is 0 Å². The summed E-state index contributed by atoms with van der Waals surface area (Å²) in [5.41, 5.74) is 0. The summed E-state index contributed by atoms with van der Waals surface area (Å²) in [6.07, 6.45) is -0.980. The molecule has 0 aromatic rings. The van der Waals surface area contributed by atoms with E-state index in [1.165, 1.54) is 4.84 Å². The van der Waals surface area contributed by atoms with Crippen LogP contribution in [-0.4, -0.2) is 6.39 Å². The molecule has 1 amide bonds. The van der Waals surface area contributed by atoms with Crippen LogP contribution in [0.3, 0.4) is 0 Å². The summed E-state index contributed by atoms with van der Waals surface area (Å²) in [6.45, 7) is 0. The van der Waals surface area contributed by atoms with Gasteiger partial charge in [0.2, 0.25) is 6.39 Å². The summed E-state index contributed by atoms with van der Waals surface area (Å²) in [5.74, 6) is 0. The molecule has 0 bridgehead atoms. The second kappa shape index (κ2) is 2.76. The molecule has 3 heteroatoms. The third-order valence-electron chi connectivity index (χ3n) is 0.0386. The largest absolute Gasteiger partial charge is 0.278 e. The van der Waals surface area contributed by atoms with E-state index in [2.05, 4.69) is 11.8 Å². The summed E-state index contributed by atoms with van der Waals surface area (Å²) < 4.78 is 5.94. The highest BCUT2D eigenvalue weighted by molar-refractivity contribution is 6.18. The molecule has 0 spiro atoms. The molecule has 0 fully saturated rings. The van der Waals surface area contributed by atoms with Crippen molar-refractivity contribution in [1.82, 2.24) is 4.84 Å². The first kappa shape index (κ1) is 2.03. The maximum atomic E-state index is 9.24. The van der Waals surface area contributed by atoms with Gasteiger partial charge >= 0.3 is 0 Å². The zero-order valence-electron chi connectivity index (χ0n) is 2.79. The average Bonchev–Trinajstić information content (AvgIpc) is 1.38. The van der Waals surface area contributed by atoms with E-state index < -0.39 is 6.39 Å². The number of halogens is 1. The lowest BCUT2D eigenvalue weighted by molar-refractivity contribution is -0.108. The summed E-state index contributed by atoms with van der Waals surface area (Å²) in [7, 11) is 0. The van der Waals surface area contributed by atoms with Crippen molar-refractivity contribution in [3.63, 3.8) is 0 Å². The molecule has 0 aliphatic rings. The second-order valence-electron chi connectivity index (χ2n) is 0.197. The van der Waals surface area contributed by atoms with E-state index in [1.54, 1.807) is 0 Å². The lowest BCUT2D eigenvalue weighted by atomic mass is 11.5. The monoisotopic (exact) mass is 80.0 g/mol. The molecule has 4 heavy (non-hydrogen) atoms. The Balaban J connectivity index is 2.85. The minimum Gasteiger partial charge on any atom is -0.278 e. The van der Waals surface area contributed by atoms with Crippen LogP contribution in [0.25, 0.3) is 0 Å². The number of amides is 1. The van der Waals surface area contributed by atoms with Gasteiger partial charge in [0.05, 0.1) is 0 Å². The highest BCUT2D eigenvalue weighted by atomic mass is 35.5. The van der Waals surface area contributed by atoms with Crippen LogP contribution in [0.4, 0.5) is 0 Å². The van der Waals surface area contributed by atoms with Crippen LogP contribution < -0.4 is 4.84 Å². The minimum atomic E-state index is -0.980. The van der Waals surface area contributed by atoms with Crippen LogP contribution in [0.5, 0.6) is 0 Å². The predicted octanol–water partition coefficient (Wildman–Crippen LogP) is -0.114. The van der Waals surface area contributed by atoms with Crippen molar-refractivity contribution >= 4 is 18.2 Å². The molecule has 0 heterocycles. The van der Waals surface area contributed by atoms with Crippen molar-refractivity contribution in [3.05, 3.63) is 0 Å². The molecule has 0 atom stereocenters. The smallest absolute Gasteiger partial charge is 0.221 e. The average molecular weight is 80.5 g/mol. The molecule has 0 rings (SSSR count). The van der Waals surface area contributed by atoms with E-state index in [0.29, 0.717) is 0 Å². The Morgan fingerprint density at radius 1 is 2.50 bits per heavy atom. The number of hydrogen-bond donors (Lipinski definition) is 1. The maximum absolute atomic E-state index is 9.24. The van der Waals surface area contributed by atoms with Crippen LogP contribution >= 0.6 is 11.8 Å². The van der Waals surface area contributed by atoms with E-state index in [0.717, 1.165) is 0 Å². The summed E-state index contributed by atoms with van der Waals surface area (Å²) in [5, 5.41) is 0. The molecule has 24 valence electrons. The highest BCUT2D eigenvalue weighted by Crippen LogP contribution is 1.41. The first-order valence-corrected chi connectivity index (χ1v) is 1.02. The number of carbonyl (C=O) groups excluding carboxylic acids is 1. The van der Waals surface area contributed by atoms with Crippen molar-refractivity contribution in [1.29, 1.82) is 0 Å². The Hall–Kier alpha value is -0.240. The molecular weight excluding hydrogens is 77.5 g/mol. The van der Waals surface area contributed by atoms with Crippen LogP contribution in [0.15, 0.2) is 0 Å². The van der Waals surface area contributed by atoms with Crippen LogP contribution in [-0.2, 0) is 4.79 Å². The minimum absolute atomic E-state index is 0.980. The summed E-state index contributed by atoms with van der Waals surface area (Å²) in [4.78, 5) is 10.8. The number of hydrogen-bond acceptors (Lipinski definition) is 1. The number of rotatable bonds is 0. The third kappa shape index (κ3) is 1.76. The molecule has 0 aromatic carbocycles. The fourth-order valence-electron chi connectivity index (χ4n) is 0. The van der Waals surface area contributed by atoms with Crippen molar-refractivity contribution in [3.8, 4) is 0 Å². The fraction of sp³-hybridized carbons (Fsp3) is 0. The molecule has 0 saturated carbocycles. The molecule has 0 aliphatic heterocycles. The second-order valence-corrected chi connectivity index (χ2v) is 0.386. The van der Waals surface area contributed by atoms with E-state index in [4.69, 9.17) is 1.37 Å². The lowest BCUT2D eigenvalue weighted by Gasteiger charge is -1.59. The predicted molar refractivity (Wildman–Crippen MR) is 15.1 cm³/mol. The summed E-state index contributed by atoms with van der Waals surface area (Å²) >= 11 is 4.55. The van der Waals surface area contributed by atoms with Crippen molar-refractivity contribution in [2.24, 2.45) is 0 Å². The van der Waals surface area contributed by atoms with E-state index in [-0.39, 0.29) is 0 Å². The number of carbonyl (C=O) groups is 1. The summed E-state index contributed by atoms with van der Waals surface area (Å²) in [6, 6.07) is 0. The zero-order valence-corrected chi connectivity index (χ0v) is 2.54. The molecule has 2 nitrogen and oxygen atoms in total. The van der Waals surface area contributed by atoms with Gasteiger partial charge in [-0.25, -0.2) is 0 Å². The first-order valence-electron chi connectivity index (χ1n) is 1.14.